The predicted octanol–water partition coefficient (Wildman–Crippen LogP) is 1.20. The summed E-state index contributed by atoms with van der Waals surface area (Å²) >= 11 is 0. The van der Waals surface area contributed by atoms with Gasteiger partial charge in [-0.15, -0.1) is 0 Å². The molecular weight excluding hydrogens is 248 g/mol. The standard InChI is InChI=1S/C13H18N2O4/c1-7-10(8(2)19-15-7)6-11(16)14-13(3,12(17)18)9-4-5-9/h9H,4-6H2,1-3H3,(H,14,16)(H,17,18)/t13-/m1/s1. The number of aromatic nitrogens is 1. The maximum atomic E-state index is 12.0. The van der Waals surface area contributed by atoms with Gasteiger partial charge in [-0.2, -0.15) is 0 Å². The van der Waals surface area contributed by atoms with Gasteiger partial charge in [-0.3, -0.25) is 4.79 Å². The Kier molecular flexibility index (Phi) is 3.34. The average Bonchev–Trinajstić information content (AvgIpc) is 3.12. The molecule has 1 fully saturated rings. The lowest BCUT2D eigenvalue weighted by Gasteiger charge is -2.26. The van der Waals surface area contributed by atoms with Gasteiger partial charge < -0.3 is 14.9 Å². The minimum absolute atomic E-state index is 0.0265. The summed E-state index contributed by atoms with van der Waals surface area (Å²) in [5, 5.41) is 15.7. The quantitative estimate of drug-likeness (QED) is 0.835. The first-order valence-electron chi connectivity index (χ1n) is 6.30. The number of nitrogens with one attached hydrogen (secondary N) is 1. The van der Waals surface area contributed by atoms with Gasteiger partial charge in [-0.1, -0.05) is 5.16 Å². The number of carbonyl (C=O) groups excluding carboxylic acids is 1. The van der Waals surface area contributed by atoms with E-state index in [9.17, 15) is 14.7 Å². The molecular formula is C13H18N2O4. The van der Waals surface area contributed by atoms with Crippen molar-refractivity contribution in [3.63, 3.8) is 0 Å². The fraction of sp³-hybridized carbons (Fsp3) is 0.615. The SMILES string of the molecule is Cc1noc(C)c1CC(=O)N[C@@](C)(C(=O)O)C1CC1. The van der Waals surface area contributed by atoms with Gasteiger partial charge in [-0.05, 0) is 39.5 Å². The van der Waals surface area contributed by atoms with Crippen molar-refractivity contribution in [1.82, 2.24) is 10.5 Å². The number of carboxylic acid groups (broad SMARTS) is 1. The Hall–Kier alpha value is -1.85. The van der Waals surface area contributed by atoms with Crippen LogP contribution in [0, 0.1) is 19.8 Å². The van der Waals surface area contributed by atoms with E-state index in [1.807, 2.05) is 0 Å². The normalized spacial score (nSPS) is 17.8. The van der Waals surface area contributed by atoms with Crippen LogP contribution in [-0.2, 0) is 16.0 Å². The maximum Gasteiger partial charge on any atom is 0.329 e. The van der Waals surface area contributed by atoms with Crippen molar-refractivity contribution in [3.8, 4) is 0 Å². The Balaban J connectivity index is 2.07. The zero-order valence-corrected chi connectivity index (χ0v) is 11.3. The van der Waals surface area contributed by atoms with Crippen LogP contribution >= 0.6 is 0 Å². The van der Waals surface area contributed by atoms with E-state index < -0.39 is 11.5 Å². The van der Waals surface area contributed by atoms with Crippen LogP contribution in [0.15, 0.2) is 4.52 Å². The molecule has 1 saturated carbocycles. The first-order valence-corrected chi connectivity index (χ1v) is 6.30. The summed E-state index contributed by atoms with van der Waals surface area (Å²) in [4.78, 5) is 23.4. The van der Waals surface area contributed by atoms with Crippen LogP contribution in [0.5, 0.6) is 0 Å². The molecule has 0 aromatic carbocycles. The monoisotopic (exact) mass is 266 g/mol. The van der Waals surface area contributed by atoms with Crippen LogP contribution < -0.4 is 5.32 Å². The molecule has 2 rings (SSSR count). The molecule has 1 aliphatic carbocycles. The molecule has 6 heteroatoms. The minimum atomic E-state index is -1.17. The molecule has 104 valence electrons. The minimum Gasteiger partial charge on any atom is -0.480 e. The molecule has 1 aromatic rings. The molecule has 1 atom stereocenters. The molecule has 1 aromatic heterocycles. The Morgan fingerprint density at radius 1 is 1.47 bits per heavy atom. The number of hydrogen-bond donors (Lipinski definition) is 2. The van der Waals surface area contributed by atoms with E-state index in [1.165, 1.54) is 0 Å². The zero-order valence-electron chi connectivity index (χ0n) is 11.3. The van der Waals surface area contributed by atoms with Gasteiger partial charge in [0.25, 0.3) is 0 Å². The maximum absolute atomic E-state index is 12.0. The number of aryl methyl sites for hydroxylation is 2. The molecule has 0 bridgehead atoms. The van der Waals surface area contributed by atoms with E-state index in [-0.39, 0.29) is 18.2 Å². The Morgan fingerprint density at radius 2 is 2.11 bits per heavy atom. The number of aliphatic carboxylic acids is 1. The highest BCUT2D eigenvalue weighted by molar-refractivity contribution is 5.88. The van der Waals surface area contributed by atoms with Gasteiger partial charge in [0.2, 0.25) is 5.91 Å². The van der Waals surface area contributed by atoms with E-state index in [4.69, 9.17) is 4.52 Å². The third-order valence-electron chi connectivity index (χ3n) is 3.76. The number of rotatable bonds is 5. The van der Waals surface area contributed by atoms with Crippen molar-refractivity contribution in [3.05, 3.63) is 17.0 Å². The van der Waals surface area contributed by atoms with E-state index in [1.54, 1.807) is 20.8 Å². The molecule has 19 heavy (non-hydrogen) atoms. The van der Waals surface area contributed by atoms with E-state index >= 15 is 0 Å². The summed E-state index contributed by atoms with van der Waals surface area (Å²) in [7, 11) is 0. The van der Waals surface area contributed by atoms with Crippen molar-refractivity contribution in [1.29, 1.82) is 0 Å². The average molecular weight is 266 g/mol. The number of nitrogens with zero attached hydrogens (tertiary/aromatic N) is 1. The van der Waals surface area contributed by atoms with Crippen LogP contribution in [0.25, 0.3) is 0 Å². The molecule has 6 nitrogen and oxygen atoms in total. The molecule has 0 radical (unpaired) electrons. The Bertz CT molecular complexity index is 499. The molecule has 1 amide bonds. The van der Waals surface area contributed by atoms with Crippen LogP contribution in [0.1, 0.15) is 36.8 Å². The molecule has 0 unspecified atom stereocenters. The fourth-order valence-electron chi connectivity index (χ4n) is 2.24. The third-order valence-corrected chi connectivity index (χ3v) is 3.76. The fourth-order valence-corrected chi connectivity index (χ4v) is 2.24. The summed E-state index contributed by atoms with van der Waals surface area (Å²) < 4.78 is 4.99. The van der Waals surface area contributed by atoms with Gasteiger partial charge in [0.05, 0.1) is 12.1 Å². The van der Waals surface area contributed by atoms with Gasteiger partial charge >= 0.3 is 5.97 Å². The summed E-state index contributed by atoms with van der Waals surface area (Å²) in [5.74, 6) is -0.678. The molecule has 0 saturated heterocycles. The Morgan fingerprint density at radius 3 is 2.53 bits per heavy atom. The lowest BCUT2D eigenvalue weighted by Crippen LogP contribution is -2.54. The zero-order chi connectivity index (χ0) is 14.2. The first kappa shape index (κ1) is 13.6. The van der Waals surface area contributed by atoms with E-state index in [0.717, 1.165) is 18.4 Å². The molecule has 1 heterocycles. The van der Waals surface area contributed by atoms with Gasteiger partial charge in [0.1, 0.15) is 11.3 Å². The van der Waals surface area contributed by atoms with Crippen molar-refractivity contribution >= 4 is 11.9 Å². The second-order valence-electron chi connectivity index (χ2n) is 5.31. The van der Waals surface area contributed by atoms with Gasteiger partial charge in [0.15, 0.2) is 0 Å². The summed E-state index contributed by atoms with van der Waals surface area (Å²) in [5.41, 5.74) is 0.216. The van der Waals surface area contributed by atoms with Crippen LogP contribution in [0.2, 0.25) is 0 Å². The Labute approximate surface area is 111 Å². The number of hydrogen-bond acceptors (Lipinski definition) is 4. The van der Waals surface area contributed by atoms with Gasteiger partial charge in [0, 0.05) is 5.56 Å². The smallest absolute Gasteiger partial charge is 0.329 e. The lowest BCUT2D eigenvalue weighted by atomic mass is 9.95. The van der Waals surface area contributed by atoms with Crippen LogP contribution in [-0.4, -0.2) is 27.7 Å². The van der Waals surface area contributed by atoms with Crippen molar-refractivity contribution in [2.75, 3.05) is 0 Å². The summed E-state index contributed by atoms with van der Waals surface area (Å²) in [6, 6.07) is 0. The van der Waals surface area contributed by atoms with Crippen molar-refractivity contribution < 1.29 is 19.2 Å². The lowest BCUT2D eigenvalue weighted by molar-refractivity contribution is -0.147. The third kappa shape index (κ3) is 2.62. The highest BCUT2D eigenvalue weighted by Crippen LogP contribution is 2.39. The second-order valence-corrected chi connectivity index (χ2v) is 5.31. The number of amides is 1. The molecule has 0 spiro atoms. The van der Waals surface area contributed by atoms with Crippen molar-refractivity contribution in [2.45, 2.75) is 45.6 Å². The van der Waals surface area contributed by atoms with Crippen LogP contribution in [0.4, 0.5) is 0 Å². The van der Waals surface area contributed by atoms with Crippen molar-refractivity contribution in [2.24, 2.45) is 5.92 Å². The number of carbonyl (C=O) groups is 2. The molecule has 2 N–H and O–H groups in total. The first-order chi connectivity index (χ1) is 8.84. The highest BCUT2D eigenvalue weighted by atomic mass is 16.5. The molecule has 0 aliphatic heterocycles. The second kappa shape index (κ2) is 4.68. The highest BCUT2D eigenvalue weighted by Gasteiger charge is 2.48. The van der Waals surface area contributed by atoms with E-state index in [2.05, 4.69) is 10.5 Å². The largest absolute Gasteiger partial charge is 0.480 e. The summed E-state index contributed by atoms with van der Waals surface area (Å²) in [6.45, 7) is 5.06. The summed E-state index contributed by atoms with van der Waals surface area (Å²) in [6.07, 6.45) is 1.78. The molecule has 1 aliphatic rings. The van der Waals surface area contributed by atoms with Gasteiger partial charge in [-0.25, -0.2) is 4.79 Å². The number of carboxylic acids is 1. The van der Waals surface area contributed by atoms with E-state index in [0.29, 0.717) is 11.5 Å². The van der Waals surface area contributed by atoms with Crippen LogP contribution in [0.3, 0.4) is 0 Å². The predicted molar refractivity (Wildman–Crippen MR) is 66.6 cm³/mol. The topological polar surface area (TPSA) is 92.4 Å².